The second kappa shape index (κ2) is 8.72. The SMILES string of the molecule is COc1ccc(CC(C)NCCCn2cnc3ccccc32)cc1OC. The van der Waals surface area contributed by atoms with Gasteiger partial charge in [-0.3, -0.25) is 0 Å². The standard InChI is InChI=1S/C21H27N3O2/c1-16(13-17-9-10-20(25-2)21(14-17)26-3)22-11-6-12-24-15-23-18-7-4-5-8-19(18)24/h4-5,7-10,14-16,22H,6,11-13H2,1-3H3. The number of aromatic nitrogens is 2. The highest BCUT2D eigenvalue weighted by Crippen LogP contribution is 2.27. The zero-order valence-electron chi connectivity index (χ0n) is 15.7. The molecule has 5 nitrogen and oxygen atoms in total. The Bertz CT molecular complexity index is 844. The smallest absolute Gasteiger partial charge is 0.160 e. The molecule has 0 saturated heterocycles. The van der Waals surface area contributed by atoms with Crippen molar-refractivity contribution in [3.8, 4) is 11.5 Å². The molecule has 1 N–H and O–H groups in total. The Morgan fingerprint density at radius 3 is 2.69 bits per heavy atom. The second-order valence-corrected chi connectivity index (χ2v) is 6.53. The van der Waals surface area contributed by atoms with E-state index in [9.17, 15) is 0 Å². The van der Waals surface area contributed by atoms with Crippen LogP contribution in [0.5, 0.6) is 11.5 Å². The van der Waals surface area contributed by atoms with Crippen molar-refractivity contribution in [3.05, 3.63) is 54.4 Å². The van der Waals surface area contributed by atoms with Gasteiger partial charge in [0, 0.05) is 12.6 Å². The highest BCUT2D eigenvalue weighted by molar-refractivity contribution is 5.74. The van der Waals surface area contributed by atoms with Gasteiger partial charge in [0.1, 0.15) is 0 Å². The van der Waals surface area contributed by atoms with Gasteiger partial charge in [-0.15, -0.1) is 0 Å². The number of nitrogens with one attached hydrogen (secondary N) is 1. The van der Waals surface area contributed by atoms with Crippen LogP contribution in [0.25, 0.3) is 11.0 Å². The Balaban J connectivity index is 1.46. The van der Waals surface area contributed by atoms with Gasteiger partial charge in [0.2, 0.25) is 0 Å². The fourth-order valence-corrected chi connectivity index (χ4v) is 3.22. The van der Waals surface area contributed by atoms with E-state index in [0.717, 1.165) is 42.9 Å². The normalized spacial score (nSPS) is 12.3. The molecule has 0 spiro atoms. The molecule has 0 amide bonds. The van der Waals surface area contributed by atoms with E-state index in [4.69, 9.17) is 9.47 Å². The van der Waals surface area contributed by atoms with Crippen LogP contribution in [-0.2, 0) is 13.0 Å². The molecule has 3 rings (SSSR count). The van der Waals surface area contributed by atoms with Gasteiger partial charge in [-0.05, 0) is 56.1 Å². The molecule has 1 heterocycles. The van der Waals surface area contributed by atoms with E-state index in [1.54, 1.807) is 14.2 Å². The van der Waals surface area contributed by atoms with Gasteiger partial charge >= 0.3 is 0 Å². The van der Waals surface area contributed by atoms with Gasteiger partial charge < -0.3 is 19.4 Å². The molecule has 1 atom stereocenters. The van der Waals surface area contributed by atoms with Crippen LogP contribution in [0.1, 0.15) is 18.9 Å². The maximum atomic E-state index is 5.38. The third-order valence-corrected chi connectivity index (χ3v) is 4.59. The van der Waals surface area contributed by atoms with Gasteiger partial charge in [0.05, 0.1) is 31.6 Å². The first-order valence-corrected chi connectivity index (χ1v) is 9.05. The molecule has 5 heteroatoms. The number of aryl methyl sites for hydroxylation is 1. The van der Waals surface area contributed by atoms with Gasteiger partial charge in [0.15, 0.2) is 11.5 Å². The number of rotatable bonds is 9. The molecule has 0 bridgehead atoms. The Hall–Kier alpha value is -2.53. The molecule has 2 aromatic carbocycles. The van der Waals surface area contributed by atoms with Crippen LogP contribution in [0.2, 0.25) is 0 Å². The third kappa shape index (κ3) is 4.35. The largest absolute Gasteiger partial charge is 0.493 e. The maximum Gasteiger partial charge on any atom is 0.160 e. The Labute approximate surface area is 155 Å². The van der Waals surface area contributed by atoms with Crippen LogP contribution >= 0.6 is 0 Å². The molecule has 1 unspecified atom stereocenters. The third-order valence-electron chi connectivity index (χ3n) is 4.59. The highest BCUT2D eigenvalue weighted by Gasteiger charge is 2.08. The predicted molar refractivity (Wildman–Crippen MR) is 105 cm³/mol. The summed E-state index contributed by atoms with van der Waals surface area (Å²) >= 11 is 0. The van der Waals surface area contributed by atoms with Gasteiger partial charge in [-0.2, -0.15) is 0 Å². The van der Waals surface area contributed by atoms with Crippen LogP contribution in [0.15, 0.2) is 48.8 Å². The molecule has 0 fully saturated rings. The monoisotopic (exact) mass is 353 g/mol. The molecular weight excluding hydrogens is 326 g/mol. The minimum atomic E-state index is 0.396. The first-order chi connectivity index (χ1) is 12.7. The number of benzene rings is 2. The Morgan fingerprint density at radius 1 is 1.08 bits per heavy atom. The van der Waals surface area contributed by atoms with E-state index in [-0.39, 0.29) is 0 Å². The lowest BCUT2D eigenvalue weighted by atomic mass is 10.1. The van der Waals surface area contributed by atoms with Crippen molar-refractivity contribution in [1.82, 2.24) is 14.9 Å². The van der Waals surface area contributed by atoms with Gasteiger partial charge in [-0.1, -0.05) is 18.2 Å². The number of fused-ring (bicyclic) bond motifs is 1. The van der Waals surface area contributed by atoms with Crippen molar-refractivity contribution in [2.24, 2.45) is 0 Å². The average molecular weight is 353 g/mol. The molecule has 0 aliphatic carbocycles. The summed E-state index contributed by atoms with van der Waals surface area (Å²) in [6.45, 7) is 4.15. The van der Waals surface area contributed by atoms with E-state index in [0.29, 0.717) is 6.04 Å². The quantitative estimate of drug-likeness (QED) is 0.597. The van der Waals surface area contributed by atoms with Crippen LogP contribution in [-0.4, -0.2) is 36.4 Å². The summed E-state index contributed by atoms with van der Waals surface area (Å²) in [5, 5.41) is 3.60. The number of hydrogen-bond donors (Lipinski definition) is 1. The van der Waals surface area contributed by atoms with Crippen LogP contribution in [0.3, 0.4) is 0 Å². The van der Waals surface area contributed by atoms with Gasteiger partial charge in [0.25, 0.3) is 0 Å². The Morgan fingerprint density at radius 2 is 1.88 bits per heavy atom. The summed E-state index contributed by atoms with van der Waals surface area (Å²) in [6.07, 6.45) is 3.95. The van der Waals surface area contributed by atoms with E-state index < -0.39 is 0 Å². The maximum absolute atomic E-state index is 5.38. The number of para-hydroxylation sites is 2. The summed E-state index contributed by atoms with van der Waals surface area (Å²) in [6, 6.07) is 14.8. The Kier molecular flexibility index (Phi) is 6.12. The predicted octanol–water partition coefficient (Wildman–Crippen LogP) is 3.66. The van der Waals surface area contributed by atoms with Crippen molar-refractivity contribution < 1.29 is 9.47 Å². The van der Waals surface area contributed by atoms with E-state index in [1.165, 1.54) is 11.1 Å². The van der Waals surface area contributed by atoms with Crippen molar-refractivity contribution in [1.29, 1.82) is 0 Å². The van der Waals surface area contributed by atoms with Crippen LogP contribution < -0.4 is 14.8 Å². The molecule has 26 heavy (non-hydrogen) atoms. The lowest BCUT2D eigenvalue weighted by molar-refractivity contribution is 0.354. The van der Waals surface area contributed by atoms with E-state index in [1.807, 2.05) is 18.5 Å². The molecule has 0 saturated carbocycles. The van der Waals surface area contributed by atoms with E-state index >= 15 is 0 Å². The van der Waals surface area contributed by atoms with Crippen molar-refractivity contribution in [2.75, 3.05) is 20.8 Å². The second-order valence-electron chi connectivity index (χ2n) is 6.53. The molecule has 0 radical (unpaired) electrons. The van der Waals surface area contributed by atoms with Crippen LogP contribution in [0, 0.1) is 0 Å². The van der Waals surface area contributed by atoms with Crippen molar-refractivity contribution in [3.63, 3.8) is 0 Å². The lowest BCUT2D eigenvalue weighted by Crippen LogP contribution is -2.29. The van der Waals surface area contributed by atoms with Gasteiger partial charge in [-0.25, -0.2) is 4.98 Å². The lowest BCUT2D eigenvalue weighted by Gasteiger charge is -2.15. The number of imidazole rings is 1. The molecular formula is C21H27N3O2. The van der Waals surface area contributed by atoms with Crippen molar-refractivity contribution in [2.45, 2.75) is 32.4 Å². The number of methoxy groups -OCH3 is 2. The van der Waals surface area contributed by atoms with Crippen LogP contribution in [0.4, 0.5) is 0 Å². The average Bonchev–Trinajstić information content (AvgIpc) is 3.08. The minimum absolute atomic E-state index is 0.396. The summed E-state index contributed by atoms with van der Waals surface area (Å²) in [5.41, 5.74) is 3.50. The topological polar surface area (TPSA) is 48.3 Å². The zero-order valence-corrected chi connectivity index (χ0v) is 15.7. The molecule has 0 aliphatic rings. The van der Waals surface area contributed by atoms with E-state index in [2.05, 4.69) is 52.1 Å². The highest BCUT2D eigenvalue weighted by atomic mass is 16.5. The number of ether oxygens (including phenoxy) is 2. The summed E-state index contributed by atoms with van der Waals surface area (Å²) in [7, 11) is 3.33. The minimum Gasteiger partial charge on any atom is -0.493 e. The number of hydrogen-bond acceptors (Lipinski definition) is 4. The van der Waals surface area contributed by atoms with Crippen molar-refractivity contribution >= 4 is 11.0 Å². The fourth-order valence-electron chi connectivity index (χ4n) is 3.22. The summed E-state index contributed by atoms with van der Waals surface area (Å²) in [4.78, 5) is 4.44. The first kappa shape index (κ1) is 18.3. The first-order valence-electron chi connectivity index (χ1n) is 9.05. The summed E-state index contributed by atoms with van der Waals surface area (Å²) < 4.78 is 12.9. The molecule has 0 aliphatic heterocycles. The zero-order chi connectivity index (χ0) is 18.4. The number of nitrogens with zero attached hydrogens (tertiary/aromatic N) is 2. The molecule has 1 aromatic heterocycles. The molecule has 3 aromatic rings. The summed E-state index contributed by atoms with van der Waals surface area (Å²) in [5.74, 6) is 1.55. The molecule has 138 valence electrons. The fraction of sp³-hybridized carbons (Fsp3) is 0.381.